The molecule has 0 aromatic heterocycles. The maximum absolute atomic E-state index is 12.0. The summed E-state index contributed by atoms with van der Waals surface area (Å²) < 4.78 is 23.9. The van der Waals surface area contributed by atoms with Crippen molar-refractivity contribution in [3.05, 3.63) is 53.6 Å². The SMILES string of the molecule is C/C=C/C=C/C(=O)NCCS(=O)(=O)c1ccc(Cl)cc1. The number of carbonyl (C=O) groups is 1. The third-order valence-electron chi connectivity index (χ3n) is 2.39. The molecule has 0 aliphatic rings. The topological polar surface area (TPSA) is 63.2 Å². The van der Waals surface area contributed by atoms with Crippen LogP contribution in [0.4, 0.5) is 0 Å². The molecule has 4 nitrogen and oxygen atoms in total. The van der Waals surface area contributed by atoms with Crippen LogP contribution in [0.15, 0.2) is 53.5 Å². The van der Waals surface area contributed by atoms with Gasteiger partial charge in [0.15, 0.2) is 9.84 Å². The summed E-state index contributed by atoms with van der Waals surface area (Å²) in [5.41, 5.74) is 0. The van der Waals surface area contributed by atoms with Gasteiger partial charge in [-0.2, -0.15) is 0 Å². The Morgan fingerprint density at radius 1 is 1.25 bits per heavy atom. The van der Waals surface area contributed by atoms with Gasteiger partial charge in [0.1, 0.15) is 0 Å². The maximum Gasteiger partial charge on any atom is 0.244 e. The normalized spacial score (nSPS) is 12.1. The Morgan fingerprint density at radius 3 is 2.50 bits per heavy atom. The van der Waals surface area contributed by atoms with E-state index in [4.69, 9.17) is 11.6 Å². The smallest absolute Gasteiger partial charge is 0.244 e. The van der Waals surface area contributed by atoms with Gasteiger partial charge in [-0.1, -0.05) is 29.8 Å². The molecule has 0 radical (unpaired) electrons. The maximum atomic E-state index is 12.0. The molecule has 20 heavy (non-hydrogen) atoms. The zero-order valence-electron chi connectivity index (χ0n) is 11.0. The van der Waals surface area contributed by atoms with Crippen LogP contribution in [0.3, 0.4) is 0 Å². The monoisotopic (exact) mass is 313 g/mol. The van der Waals surface area contributed by atoms with E-state index < -0.39 is 9.84 Å². The van der Waals surface area contributed by atoms with Crippen molar-refractivity contribution in [3.63, 3.8) is 0 Å². The molecule has 1 rings (SSSR count). The quantitative estimate of drug-likeness (QED) is 0.648. The molecular formula is C14H16ClNO3S. The summed E-state index contributed by atoms with van der Waals surface area (Å²) in [5.74, 6) is -0.480. The summed E-state index contributed by atoms with van der Waals surface area (Å²) in [6.45, 7) is 1.89. The van der Waals surface area contributed by atoms with E-state index in [2.05, 4.69) is 5.32 Å². The molecule has 0 bridgehead atoms. The van der Waals surface area contributed by atoms with Gasteiger partial charge in [-0.25, -0.2) is 8.42 Å². The summed E-state index contributed by atoms with van der Waals surface area (Å²) in [4.78, 5) is 11.5. The zero-order valence-corrected chi connectivity index (χ0v) is 12.6. The van der Waals surface area contributed by atoms with Crippen molar-refractivity contribution in [2.45, 2.75) is 11.8 Å². The number of sulfone groups is 1. The lowest BCUT2D eigenvalue weighted by Crippen LogP contribution is -2.27. The molecule has 6 heteroatoms. The summed E-state index contributed by atoms with van der Waals surface area (Å²) >= 11 is 5.70. The average molecular weight is 314 g/mol. The van der Waals surface area contributed by atoms with Gasteiger partial charge in [-0.05, 0) is 31.2 Å². The number of rotatable bonds is 6. The fraction of sp³-hybridized carbons (Fsp3) is 0.214. The second-order valence-corrected chi connectivity index (χ2v) is 6.49. The Bertz CT molecular complexity index is 604. The second kappa shape index (κ2) is 7.87. The number of nitrogens with one attached hydrogen (secondary N) is 1. The predicted octanol–water partition coefficient (Wildman–Crippen LogP) is 2.36. The van der Waals surface area contributed by atoms with Gasteiger partial charge in [-0.15, -0.1) is 0 Å². The van der Waals surface area contributed by atoms with E-state index in [9.17, 15) is 13.2 Å². The molecule has 0 aliphatic carbocycles. The molecule has 0 unspecified atom stereocenters. The van der Waals surface area contributed by atoms with Gasteiger partial charge in [0, 0.05) is 17.6 Å². The highest BCUT2D eigenvalue weighted by atomic mass is 35.5. The minimum Gasteiger partial charge on any atom is -0.352 e. The van der Waals surface area contributed by atoms with Gasteiger partial charge in [-0.3, -0.25) is 4.79 Å². The molecule has 0 fully saturated rings. The van der Waals surface area contributed by atoms with Crippen molar-refractivity contribution >= 4 is 27.3 Å². The second-order valence-electron chi connectivity index (χ2n) is 3.95. The van der Waals surface area contributed by atoms with Gasteiger partial charge in [0.25, 0.3) is 0 Å². The Balaban J connectivity index is 2.52. The molecule has 1 aromatic rings. The number of halogens is 1. The van der Waals surface area contributed by atoms with Crippen molar-refractivity contribution in [2.24, 2.45) is 0 Å². The number of carbonyl (C=O) groups excluding carboxylic acids is 1. The lowest BCUT2D eigenvalue weighted by molar-refractivity contribution is -0.116. The van der Waals surface area contributed by atoms with Crippen LogP contribution in [0.5, 0.6) is 0 Å². The van der Waals surface area contributed by atoms with Gasteiger partial charge >= 0.3 is 0 Å². The van der Waals surface area contributed by atoms with E-state index >= 15 is 0 Å². The lowest BCUT2D eigenvalue weighted by Gasteiger charge is -2.05. The van der Waals surface area contributed by atoms with Crippen LogP contribution in [0, 0.1) is 0 Å². The van der Waals surface area contributed by atoms with E-state index in [0.717, 1.165) is 0 Å². The van der Waals surface area contributed by atoms with Crippen molar-refractivity contribution in [3.8, 4) is 0 Å². The number of allylic oxidation sites excluding steroid dienone is 3. The van der Waals surface area contributed by atoms with Crippen LogP contribution in [-0.2, 0) is 14.6 Å². The van der Waals surface area contributed by atoms with Crippen molar-refractivity contribution in [1.82, 2.24) is 5.32 Å². The van der Waals surface area contributed by atoms with Gasteiger partial charge in [0.05, 0.1) is 10.6 Å². The molecular weight excluding hydrogens is 298 g/mol. The molecule has 108 valence electrons. The van der Waals surface area contributed by atoms with Crippen LogP contribution < -0.4 is 5.32 Å². The Hall–Kier alpha value is -1.59. The molecule has 0 aliphatic heterocycles. The molecule has 0 heterocycles. The predicted molar refractivity (Wildman–Crippen MR) is 80.5 cm³/mol. The van der Waals surface area contributed by atoms with Crippen molar-refractivity contribution in [1.29, 1.82) is 0 Å². The zero-order chi connectivity index (χ0) is 15.0. The van der Waals surface area contributed by atoms with Crippen LogP contribution in [-0.4, -0.2) is 26.6 Å². The molecule has 0 saturated heterocycles. The van der Waals surface area contributed by atoms with Gasteiger partial charge < -0.3 is 5.32 Å². The van der Waals surface area contributed by atoms with E-state index in [1.54, 1.807) is 18.2 Å². The first-order chi connectivity index (χ1) is 9.45. The number of hydrogen-bond acceptors (Lipinski definition) is 3. The first-order valence-electron chi connectivity index (χ1n) is 6.01. The Morgan fingerprint density at radius 2 is 1.90 bits per heavy atom. The van der Waals surface area contributed by atoms with E-state index in [1.807, 2.05) is 6.92 Å². The highest BCUT2D eigenvalue weighted by molar-refractivity contribution is 7.91. The summed E-state index contributed by atoms with van der Waals surface area (Å²) in [6, 6.07) is 5.94. The van der Waals surface area contributed by atoms with Crippen LogP contribution in [0.1, 0.15) is 6.92 Å². The van der Waals surface area contributed by atoms with E-state index in [0.29, 0.717) is 5.02 Å². The molecule has 1 amide bonds. The van der Waals surface area contributed by atoms with Gasteiger partial charge in [0.2, 0.25) is 5.91 Å². The summed E-state index contributed by atoms with van der Waals surface area (Å²) in [5, 5.41) is 2.99. The molecule has 1 aromatic carbocycles. The summed E-state index contributed by atoms with van der Waals surface area (Å²) in [7, 11) is -3.41. The van der Waals surface area contributed by atoms with Crippen molar-refractivity contribution in [2.75, 3.05) is 12.3 Å². The van der Waals surface area contributed by atoms with Crippen LogP contribution in [0.25, 0.3) is 0 Å². The molecule has 0 spiro atoms. The molecule has 0 saturated carbocycles. The van der Waals surface area contributed by atoms with Crippen molar-refractivity contribution < 1.29 is 13.2 Å². The third-order valence-corrected chi connectivity index (χ3v) is 4.38. The minimum absolute atomic E-state index is 0.0595. The number of amides is 1. The first-order valence-corrected chi connectivity index (χ1v) is 8.04. The average Bonchev–Trinajstić information content (AvgIpc) is 2.39. The molecule has 1 N–H and O–H groups in total. The largest absolute Gasteiger partial charge is 0.352 e. The highest BCUT2D eigenvalue weighted by Gasteiger charge is 2.13. The lowest BCUT2D eigenvalue weighted by atomic mass is 10.4. The standard InChI is InChI=1S/C14H16ClNO3S/c1-2-3-4-5-14(17)16-10-11-20(18,19)13-8-6-12(15)7-9-13/h2-9H,10-11H2,1H3,(H,16,17)/b3-2+,5-4+. The van der Waals surface area contributed by atoms with Crippen LogP contribution >= 0.6 is 11.6 Å². The summed E-state index contributed by atoms with van der Waals surface area (Å²) in [6.07, 6.45) is 6.43. The fourth-order valence-corrected chi connectivity index (χ4v) is 2.66. The minimum atomic E-state index is -3.41. The third kappa shape index (κ3) is 5.59. The Kier molecular flexibility index (Phi) is 6.48. The first kappa shape index (κ1) is 16.5. The number of benzene rings is 1. The van der Waals surface area contributed by atoms with E-state index in [1.165, 1.54) is 30.3 Å². The molecule has 0 atom stereocenters. The highest BCUT2D eigenvalue weighted by Crippen LogP contribution is 2.14. The fourth-order valence-electron chi connectivity index (χ4n) is 1.38. The van der Waals surface area contributed by atoms with Crippen LogP contribution in [0.2, 0.25) is 5.02 Å². The van der Waals surface area contributed by atoms with E-state index in [-0.39, 0.29) is 23.1 Å². The Labute approximate surface area is 124 Å². The number of hydrogen-bond donors (Lipinski definition) is 1.